The van der Waals surface area contributed by atoms with E-state index in [4.69, 9.17) is 16.0 Å². The van der Waals surface area contributed by atoms with E-state index in [0.29, 0.717) is 22.5 Å². The highest BCUT2D eigenvalue weighted by Gasteiger charge is 2.34. The number of benzene rings is 1. The van der Waals surface area contributed by atoms with E-state index < -0.39 is 0 Å². The van der Waals surface area contributed by atoms with Gasteiger partial charge < -0.3 is 15.1 Å². The number of halogens is 1. The highest BCUT2D eigenvalue weighted by atomic mass is 35.5. The average molecular weight is 399 g/mol. The minimum atomic E-state index is -0.376. The Labute approximate surface area is 166 Å². The van der Waals surface area contributed by atoms with Crippen LogP contribution >= 0.6 is 22.9 Å². The minimum absolute atomic E-state index is 0.0171. The number of amides is 1. The van der Waals surface area contributed by atoms with Gasteiger partial charge in [0, 0.05) is 10.4 Å². The zero-order chi connectivity index (χ0) is 18.5. The van der Waals surface area contributed by atoms with Gasteiger partial charge in [0.1, 0.15) is 16.5 Å². The normalized spacial score (nSPS) is 21.2. The summed E-state index contributed by atoms with van der Waals surface area (Å²) in [5, 5.41) is 8.10. The Hall–Kier alpha value is -2.24. The number of anilines is 1. The van der Waals surface area contributed by atoms with Crippen LogP contribution in [0.4, 0.5) is 5.00 Å². The summed E-state index contributed by atoms with van der Waals surface area (Å²) < 4.78 is 6.02. The van der Waals surface area contributed by atoms with Crippen LogP contribution in [-0.4, -0.2) is 5.91 Å². The molecular formula is C21H19ClN2O2S. The van der Waals surface area contributed by atoms with Crippen molar-refractivity contribution in [3.05, 3.63) is 63.2 Å². The molecule has 3 heterocycles. The molecule has 5 rings (SSSR count). The standard InChI is InChI=1S/C21H19ClN2O2S/c1-11-6-7-13-17(10-11)27-21-18(13)20(25)23-19(24-21)16-9-8-15(26-16)12-4-2-3-5-14(12)22/h2-5,8-9,11,19,24H,6-7,10H2,1H3,(H,23,25)/t11-,19-/m1/s1. The lowest BCUT2D eigenvalue weighted by Gasteiger charge is -2.25. The van der Waals surface area contributed by atoms with Crippen molar-refractivity contribution < 1.29 is 9.21 Å². The molecule has 27 heavy (non-hydrogen) atoms. The van der Waals surface area contributed by atoms with Crippen molar-refractivity contribution in [2.75, 3.05) is 5.32 Å². The summed E-state index contributed by atoms with van der Waals surface area (Å²) in [6.07, 6.45) is 2.81. The number of nitrogens with one attached hydrogen (secondary N) is 2. The van der Waals surface area contributed by atoms with Crippen LogP contribution in [0.1, 0.15) is 46.1 Å². The summed E-state index contributed by atoms with van der Waals surface area (Å²) >= 11 is 7.98. The quantitative estimate of drug-likeness (QED) is 0.587. The molecule has 1 amide bonds. The van der Waals surface area contributed by atoms with E-state index in [1.54, 1.807) is 11.3 Å². The topological polar surface area (TPSA) is 54.3 Å². The second kappa shape index (κ2) is 6.43. The number of hydrogen-bond donors (Lipinski definition) is 2. The third-order valence-electron chi connectivity index (χ3n) is 5.34. The van der Waals surface area contributed by atoms with Crippen molar-refractivity contribution in [2.24, 2.45) is 5.92 Å². The number of rotatable bonds is 2. The molecule has 0 bridgehead atoms. The van der Waals surface area contributed by atoms with Gasteiger partial charge in [0.2, 0.25) is 0 Å². The fraction of sp³-hybridized carbons (Fsp3) is 0.286. The highest BCUT2D eigenvalue weighted by molar-refractivity contribution is 7.16. The monoisotopic (exact) mass is 398 g/mol. The Morgan fingerprint density at radius 2 is 2.04 bits per heavy atom. The van der Waals surface area contributed by atoms with Gasteiger partial charge in [0.15, 0.2) is 6.17 Å². The Morgan fingerprint density at radius 3 is 2.89 bits per heavy atom. The van der Waals surface area contributed by atoms with Gasteiger partial charge >= 0.3 is 0 Å². The minimum Gasteiger partial charge on any atom is -0.457 e. The molecule has 0 spiro atoms. The van der Waals surface area contributed by atoms with E-state index >= 15 is 0 Å². The molecule has 2 aromatic heterocycles. The first-order valence-corrected chi connectivity index (χ1v) is 10.4. The molecule has 138 valence electrons. The van der Waals surface area contributed by atoms with Crippen LogP contribution in [-0.2, 0) is 12.8 Å². The molecule has 1 aliphatic heterocycles. The summed E-state index contributed by atoms with van der Waals surface area (Å²) in [6.45, 7) is 2.27. The predicted octanol–water partition coefficient (Wildman–Crippen LogP) is 5.64. The maximum Gasteiger partial charge on any atom is 0.256 e. The Bertz CT molecular complexity index is 1040. The molecule has 0 unspecified atom stereocenters. The van der Waals surface area contributed by atoms with Gasteiger partial charge in [0.05, 0.1) is 10.6 Å². The number of carbonyl (C=O) groups is 1. The smallest absolute Gasteiger partial charge is 0.256 e. The van der Waals surface area contributed by atoms with E-state index in [9.17, 15) is 4.79 Å². The van der Waals surface area contributed by atoms with Gasteiger partial charge in [-0.1, -0.05) is 30.7 Å². The summed E-state index contributed by atoms with van der Waals surface area (Å²) in [6, 6.07) is 11.3. The first kappa shape index (κ1) is 16.9. The van der Waals surface area contributed by atoms with E-state index in [-0.39, 0.29) is 12.1 Å². The Morgan fingerprint density at radius 1 is 1.19 bits per heavy atom. The van der Waals surface area contributed by atoms with Crippen LogP contribution in [0.3, 0.4) is 0 Å². The maximum absolute atomic E-state index is 12.8. The molecule has 2 N–H and O–H groups in total. The molecule has 1 aliphatic carbocycles. The van der Waals surface area contributed by atoms with Crippen molar-refractivity contribution >= 4 is 33.8 Å². The first-order valence-electron chi connectivity index (χ1n) is 9.16. The average Bonchev–Trinajstić information content (AvgIpc) is 3.26. The fourth-order valence-corrected chi connectivity index (χ4v) is 5.58. The maximum atomic E-state index is 12.8. The lowest BCUT2D eigenvalue weighted by atomic mass is 9.88. The molecular weight excluding hydrogens is 380 g/mol. The number of hydrogen-bond acceptors (Lipinski definition) is 4. The van der Waals surface area contributed by atoms with Gasteiger partial charge in [-0.25, -0.2) is 0 Å². The van der Waals surface area contributed by atoms with Crippen LogP contribution in [0, 0.1) is 5.92 Å². The number of fused-ring (bicyclic) bond motifs is 3. The van der Waals surface area contributed by atoms with Gasteiger partial charge in [-0.2, -0.15) is 0 Å². The number of carbonyl (C=O) groups excluding carboxylic acids is 1. The zero-order valence-electron chi connectivity index (χ0n) is 14.8. The second-order valence-corrected chi connectivity index (χ2v) is 8.80. The second-order valence-electron chi connectivity index (χ2n) is 7.29. The van der Waals surface area contributed by atoms with Crippen molar-refractivity contribution in [2.45, 2.75) is 32.4 Å². The van der Waals surface area contributed by atoms with Gasteiger partial charge in [-0.15, -0.1) is 11.3 Å². The third kappa shape index (κ3) is 2.86. The van der Waals surface area contributed by atoms with Crippen molar-refractivity contribution in [3.63, 3.8) is 0 Å². The third-order valence-corrected chi connectivity index (χ3v) is 6.86. The largest absolute Gasteiger partial charge is 0.457 e. The molecule has 0 saturated carbocycles. The van der Waals surface area contributed by atoms with E-state index in [0.717, 1.165) is 35.4 Å². The van der Waals surface area contributed by atoms with Crippen molar-refractivity contribution in [1.29, 1.82) is 0 Å². The van der Waals surface area contributed by atoms with Crippen molar-refractivity contribution in [1.82, 2.24) is 5.32 Å². The van der Waals surface area contributed by atoms with Crippen LogP contribution < -0.4 is 10.6 Å². The molecule has 6 heteroatoms. The lowest BCUT2D eigenvalue weighted by molar-refractivity contribution is 0.0930. The lowest BCUT2D eigenvalue weighted by Crippen LogP contribution is -2.38. The molecule has 0 saturated heterocycles. The molecule has 0 radical (unpaired) electrons. The molecule has 2 aliphatic rings. The fourth-order valence-electron chi connectivity index (χ4n) is 3.92. The highest BCUT2D eigenvalue weighted by Crippen LogP contribution is 2.43. The van der Waals surface area contributed by atoms with Gasteiger partial charge in [0.25, 0.3) is 5.91 Å². The Balaban J connectivity index is 1.46. The van der Waals surface area contributed by atoms with E-state index in [1.165, 1.54) is 10.4 Å². The summed E-state index contributed by atoms with van der Waals surface area (Å²) in [4.78, 5) is 14.2. The van der Waals surface area contributed by atoms with Gasteiger partial charge in [-0.05, 0) is 55.0 Å². The molecule has 1 aromatic carbocycles. The molecule has 3 aromatic rings. The van der Waals surface area contributed by atoms with E-state index in [2.05, 4.69) is 17.6 Å². The summed E-state index contributed by atoms with van der Waals surface area (Å²) in [5.41, 5.74) is 2.90. The summed E-state index contributed by atoms with van der Waals surface area (Å²) in [7, 11) is 0. The van der Waals surface area contributed by atoms with Crippen LogP contribution in [0.25, 0.3) is 11.3 Å². The number of thiophene rings is 1. The van der Waals surface area contributed by atoms with Crippen LogP contribution in [0.5, 0.6) is 0 Å². The van der Waals surface area contributed by atoms with E-state index in [1.807, 2.05) is 36.4 Å². The molecule has 4 nitrogen and oxygen atoms in total. The van der Waals surface area contributed by atoms with Crippen molar-refractivity contribution in [3.8, 4) is 11.3 Å². The number of furan rings is 1. The molecule has 0 fully saturated rings. The first-order chi connectivity index (χ1) is 13.1. The predicted molar refractivity (Wildman–Crippen MR) is 108 cm³/mol. The zero-order valence-corrected chi connectivity index (χ0v) is 16.4. The Kier molecular flexibility index (Phi) is 4.02. The SMILES string of the molecule is C[C@@H]1CCc2c(sc3c2C(=O)N[C@@H](c2ccc(-c4ccccc4Cl)o2)N3)C1. The van der Waals surface area contributed by atoms with Crippen LogP contribution in [0.2, 0.25) is 5.02 Å². The van der Waals surface area contributed by atoms with Gasteiger partial charge in [-0.3, -0.25) is 4.79 Å². The van der Waals surface area contributed by atoms with Crippen LogP contribution in [0.15, 0.2) is 40.8 Å². The summed E-state index contributed by atoms with van der Waals surface area (Å²) in [5.74, 6) is 2.02. The molecule has 2 atom stereocenters.